The third kappa shape index (κ3) is 2.04. The third-order valence-corrected chi connectivity index (χ3v) is 3.40. The molecule has 0 saturated carbocycles. The minimum Gasteiger partial charge on any atom is -0.507 e. The van der Waals surface area contributed by atoms with E-state index in [1.165, 1.54) is 6.07 Å². The van der Waals surface area contributed by atoms with E-state index in [2.05, 4.69) is 0 Å². The molecular formula is C16H10ClFO. The number of benzene rings is 3. The monoisotopic (exact) mass is 272 g/mol. The second-order valence-electron chi connectivity index (χ2n) is 4.32. The summed E-state index contributed by atoms with van der Waals surface area (Å²) in [6.45, 7) is 0. The van der Waals surface area contributed by atoms with Gasteiger partial charge in [0.2, 0.25) is 0 Å². The van der Waals surface area contributed by atoms with Crippen molar-refractivity contribution in [3.05, 3.63) is 65.4 Å². The highest BCUT2D eigenvalue weighted by Gasteiger charge is 2.12. The van der Waals surface area contributed by atoms with Crippen LogP contribution in [0.15, 0.2) is 54.6 Å². The molecule has 0 unspecified atom stereocenters. The largest absolute Gasteiger partial charge is 0.507 e. The first-order chi connectivity index (χ1) is 9.16. The normalized spacial score (nSPS) is 10.8. The van der Waals surface area contributed by atoms with E-state index < -0.39 is 5.82 Å². The van der Waals surface area contributed by atoms with Gasteiger partial charge in [-0.15, -0.1) is 0 Å². The van der Waals surface area contributed by atoms with E-state index in [0.29, 0.717) is 11.1 Å². The molecule has 0 atom stereocenters. The molecule has 0 aliphatic carbocycles. The van der Waals surface area contributed by atoms with E-state index in [4.69, 9.17) is 11.6 Å². The first-order valence-corrected chi connectivity index (χ1v) is 6.21. The van der Waals surface area contributed by atoms with Gasteiger partial charge < -0.3 is 5.11 Å². The molecule has 0 aliphatic rings. The van der Waals surface area contributed by atoms with Crippen molar-refractivity contribution in [1.82, 2.24) is 0 Å². The molecule has 0 bridgehead atoms. The van der Waals surface area contributed by atoms with Crippen molar-refractivity contribution in [2.45, 2.75) is 0 Å². The summed E-state index contributed by atoms with van der Waals surface area (Å²) in [7, 11) is 0. The van der Waals surface area contributed by atoms with Gasteiger partial charge in [0.25, 0.3) is 0 Å². The van der Waals surface area contributed by atoms with Crippen LogP contribution in [-0.4, -0.2) is 5.11 Å². The molecule has 3 rings (SSSR count). The number of aromatic hydroxyl groups is 1. The van der Waals surface area contributed by atoms with Gasteiger partial charge in [-0.2, -0.15) is 0 Å². The molecule has 0 heterocycles. The Hall–Kier alpha value is -2.06. The smallest absolute Gasteiger partial charge is 0.149 e. The van der Waals surface area contributed by atoms with Crippen LogP contribution in [0.5, 0.6) is 5.75 Å². The molecule has 0 aromatic heterocycles. The summed E-state index contributed by atoms with van der Waals surface area (Å²) in [5.74, 6) is -0.477. The quantitative estimate of drug-likeness (QED) is 0.660. The van der Waals surface area contributed by atoms with Gasteiger partial charge in [0.1, 0.15) is 11.6 Å². The van der Waals surface area contributed by atoms with Gasteiger partial charge in [0, 0.05) is 11.1 Å². The summed E-state index contributed by atoms with van der Waals surface area (Å²) in [5.41, 5.74) is 0.745. The van der Waals surface area contributed by atoms with Crippen LogP contribution < -0.4 is 0 Å². The Kier molecular flexibility index (Phi) is 2.88. The van der Waals surface area contributed by atoms with Crippen LogP contribution >= 0.6 is 11.6 Å². The second-order valence-corrected chi connectivity index (χ2v) is 4.73. The van der Waals surface area contributed by atoms with Crippen molar-refractivity contribution in [3.63, 3.8) is 0 Å². The number of phenols is 1. The zero-order valence-electron chi connectivity index (χ0n) is 9.90. The number of phenolic OH excluding ortho intramolecular Hbond substituents is 1. The Balaban J connectivity index is 2.30. The lowest BCUT2D eigenvalue weighted by Crippen LogP contribution is -1.87. The number of hydrogen-bond acceptors (Lipinski definition) is 1. The minimum atomic E-state index is -0.519. The van der Waals surface area contributed by atoms with Crippen molar-refractivity contribution >= 4 is 22.4 Å². The maximum atomic E-state index is 14.0. The second kappa shape index (κ2) is 4.56. The molecule has 1 N–H and O–H groups in total. The van der Waals surface area contributed by atoms with Gasteiger partial charge in [-0.3, -0.25) is 0 Å². The molecule has 94 valence electrons. The molecule has 0 amide bonds. The first kappa shape index (κ1) is 12.0. The van der Waals surface area contributed by atoms with Crippen LogP contribution in [0.1, 0.15) is 0 Å². The number of rotatable bonds is 1. The molecule has 0 aliphatic heterocycles. The Morgan fingerprint density at radius 3 is 2.26 bits per heavy atom. The van der Waals surface area contributed by atoms with E-state index in [1.807, 2.05) is 24.3 Å². The van der Waals surface area contributed by atoms with Crippen LogP contribution in [0.2, 0.25) is 5.02 Å². The summed E-state index contributed by atoms with van der Waals surface area (Å²) in [4.78, 5) is 0. The lowest BCUT2D eigenvalue weighted by atomic mass is 9.99. The Morgan fingerprint density at radius 1 is 0.842 bits per heavy atom. The van der Waals surface area contributed by atoms with Crippen molar-refractivity contribution in [2.24, 2.45) is 0 Å². The minimum absolute atomic E-state index is 0.0415. The van der Waals surface area contributed by atoms with Crippen LogP contribution in [0.25, 0.3) is 21.9 Å². The average Bonchev–Trinajstić information content (AvgIpc) is 2.41. The van der Waals surface area contributed by atoms with Crippen molar-refractivity contribution in [3.8, 4) is 16.9 Å². The van der Waals surface area contributed by atoms with Crippen LogP contribution in [0.4, 0.5) is 4.39 Å². The lowest BCUT2D eigenvalue weighted by molar-refractivity contribution is 0.477. The van der Waals surface area contributed by atoms with Gasteiger partial charge in [-0.05, 0) is 29.0 Å². The third-order valence-electron chi connectivity index (χ3n) is 3.11. The van der Waals surface area contributed by atoms with Gasteiger partial charge >= 0.3 is 0 Å². The molecular weight excluding hydrogens is 263 g/mol. The lowest BCUT2D eigenvalue weighted by Gasteiger charge is -2.09. The summed E-state index contributed by atoms with van der Waals surface area (Å²) in [6, 6.07) is 15.7. The van der Waals surface area contributed by atoms with Crippen LogP contribution in [0, 0.1) is 5.82 Å². The summed E-state index contributed by atoms with van der Waals surface area (Å²) in [6.07, 6.45) is 0. The van der Waals surface area contributed by atoms with Crippen LogP contribution in [0.3, 0.4) is 0 Å². The summed E-state index contributed by atoms with van der Waals surface area (Å²) >= 11 is 5.78. The molecule has 3 aromatic rings. The van der Waals surface area contributed by atoms with Crippen molar-refractivity contribution in [2.75, 3.05) is 0 Å². The van der Waals surface area contributed by atoms with Gasteiger partial charge in [0.05, 0.1) is 5.02 Å². The maximum Gasteiger partial charge on any atom is 0.149 e. The first-order valence-electron chi connectivity index (χ1n) is 5.83. The van der Waals surface area contributed by atoms with Gasteiger partial charge in [0.15, 0.2) is 0 Å². The number of hydrogen-bond donors (Lipinski definition) is 1. The maximum absolute atomic E-state index is 14.0. The Labute approximate surface area is 114 Å². The Morgan fingerprint density at radius 2 is 1.53 bits per heavy atom. The van der Waals surface area contributed by atoms with Crippen molar-refractivity contribution in [1.29, 1.82) is 0 Å². The van der Waals surface area contributed by atoms with E-state index in [-0.39, 0.29) is 10.8 Å². The standard InChI is InChI=1S/C16H10ClFO/c17-14-7-3-6-12(16(14)18)13-8-10-4-1-2-5-11(10)9-15(13)19/h1-9,19H. The highest BCUT2D eigenvalue weighted by Crippen LogP contribution is 2.36. The molecule has 0 radical (unpaired) electrons. The van der Waals surface area contributed by atoms with Crippen molar-refractivity contribution < 1.29 is 9.50 Å². The molecule has 0 spiro atoms. The van der Waals surface area contributed by atoms with E-state index in [1.54, 1.807) is 24.3 Å². The molecule has 0 fully saturated rings. The predicted molar refractivity (Wildman–Crippen MR) is 76.0 cm³/mol. The topological polar surface area (TPSA) is 20.2 Å². The van der Waals surface area contributed by atoms with E-state index >= 15 is 0 Å². The summed E-state index contributed by atoms with van der Waals surface area (Å²) in [5, 5.41) is 12.0. The summed E-state index contributed by atoms with van der Waals surface area (Å²) < 4.78 is 14.0. The molecule has 1 nitrogen and oxygen atoms in total. The number of halogens is 2. The molecule has 19 heavy (non-hydrogen) atoms. The van der Waals surface area contributed by atoms with E-state index in [9.17, 15) is 9.50 Å². The molecule has 0 saturated heterocycles. The molecule has 3 heteroatoms. The highest BCUT2D eigenvalue weighted by atomic mass is 35.5. The highest BCUT2D eigenvalue weighted by molar-refractivity contribution is 6.31. The average molecular weight is 273 g/mol. The number of fused-ring (bicyclic) bond motifs is 1. The fourth-order valence-electron chi connectivity index (χ4n) is 2.16. The van der Waals surface area contributed by atoms with Crippen LogP contribution in [-0.2, 0) is 0 Å². The van der Waals surface area contributed by atoms with E-state index in [0.717, 1.165) is 10.8 Å². The molecule has 3 aromatic carbocycles. The fraction of sp³-hybridized carbons (Fsp3) is 0. The predicted octanol–water partition coefficient (Wildman–Crippen LogP) is 5.00. The SMILES string of the molecule is Oc1cc2ccccc2cc1-c1cccc(Cl)c1F. The fourth-order valence-corrected chi connectivity index (χ4v) is 2.33. The van der Waals surface area contributed by atoms with Gasteiger partial charge in [-0.25, -0.2) is 4.39 Å². The Bertz CT molecular complexity index is 768. The zero-order chi connectivity index (χ0) is 13.4. The zero-order valence-corrected chi connectivity index (χ0v) is 10.7. The van der Waals surface area contributed by atoms with Gasteiger partial charge in [-0.1, -0.05) is 48.0 Å².